The van der Waals surface area contributed by atoms with Crippen LogP contribution in [0.3, 0.4) is 0 Å². The average molecular weight is 131 g/mol. The fourth-order valence-electron chi connectivity index (χ4n) is 0.577. The van der Waals surface area contributed by atoms with Crippen LogP contribution in [0.4, 0.5) is 0 Å². The molecule has 0 amide bonds. The summed E-state index contributed by atoms with van der Waals surface area (Å²) in [5, 5.41) is 0.729. The molecule has 1 heterocycles. The molecule has 0 saturated carbocycles. The van der Waals surface area contributed by atoms with Crippen LogP contribution in [-0.4, -0.2) is 0 Å². The van der Waals surface area contributed by atoms with Crippen molar-refractivity contribution in [3.63, 3.8) is 0 Å². The van der Waals surface area contributed by atoms with Crippen LogP contribution in [-0.2, 0) is 6.42 Å². The van der Waals surface area contributed by atoms with Gasteiger partial charge in [-0.2, -0.15) is 0 Å². The fraction of sp³-hybridized carbons (Fsp3) is 0.333. The van der Waals surface area contributed by atoms with E-state index in [0.29, 0.717) is 0 Å². The molecule has 0 aliphatic heterocycles. The summed E-state index contributed by atoms with van der Waals surface area (Å²) in [6.45, 7) is 2.00. The lowest BCUT2D eigenvalue weighted by Gasteiger charge is -1.84. The smallest absolute Gasteiger partial charge is 0.122 e. The molecule has 0 saturated heterocycles. The van der Waals surface area contributed by atoms with Crippen LogP contribution < -0.4 is 0 Å². The topological polar surface area (TPSA) is 13.1 Å². The van der Waals surface area contributed by atoms with Crippen LogP contribution in [0.15, 0.2) is 16.7 Å². The molecule has 0 fully saturated rings. The predicted molar refractivity (Wildman–Crippen MR) is 33.1 cm³/mol. The molecule has 0 unspecified atom stereocenters. The molecule has 1 nitrogen and oxygen atoms in total. The summed E-state index contributed by atoms with van der Waals surface area (Å²) in [5.74, 6) is 0.867. The molecule has 44 valence electrons. The van der Waals surface area contributed by atoms with Crippen molar-refractivity contribution < 1.29 is 4.42 Å². The molecule has 0 aromatic carbocycles. The van der Waals surface area contributed by atoms with Crippen LogP contribution >= 0.6 is 11.6 Å². The minimum absolute atomic E-state index is 0.729. The van der Waals surface area contributed by atoms with Crippen LogP contribution in [0.5, 0.6) is 0 Å². The summed E-state index contributed by atoms with van der Waals surface area (Å²) >= 11 is 5.65. The highest BCUT2D eigenvalue weighted by Gasteiger charge is 1.97. The zero-order chi connectivity index (χ0) is 5.98. The maximum absolute atomic E-state index is 5.65. The average Bonchev–Trinajstić information content (AvgIpc) is 2.14. The van der Waals surface area contributed by atoms with Crippen molar-refractivity contribution in [1.82, 2.24) is 0 Å². The van der Waals surface area contributed by atoms with Crippen LogP contribution in [0.25, 0.3) is 0 Å². The molecule has 1 aromatic heterocycles. The monoisotopic (exact) mass is 130 g/mol. The Morgan fingerprint density at radius 2 is 2.50 bits per heavy atom. The van der Waals surface area contributed by atoms with Gasteiger partial charge in [0.25, 0.3) is 0 Å². The molecule has 1 aromatic rings. The molecule has 2 heteroatoms. The van der Waals surface area contributed by atoms with Crippen molar-refractivity contribution in [2.45, 2.75) is 13.3 Å². The van der Waals surface area contributed by atoms with Gasteiger partial charge < -0.3 is 4.42 Å². The van der Waals surface area contributed by atoms with Gasteiger partial charge in [-0.25, -0.2) is 0 Å². The highest BCUT2D eigenvalue weighted by Crippen LogP contribution is 2.16. The minimum atomic E-state index is 0.729. The van der Waals surface area contributed by atoms with Gasteiger partial charge in [0.1, 0.15) is 5.76 Å². The van der Waals surface area contributed by atoms with E-state index in [0.717, 1.165) is 17.2 Å². The van der Waals surface area contributed by atoms with Gasteiger partial charge in [-0.3, -0.25) is 0 Å². The molecule has 0 radical (unpaired) electrons. The van der Waals surface area contributed by atoms with Gasteiger partial charge >= 0.3 is 0 Å². The van der Waals surface area contributed by atoms with Gasteiger partial charge in [-0.05, 0) is 6.07 Å². The molecular formula is C6H7ClO. The predicted octanol–water partition coefficient (Wildman–Crippen LogP) is 2.50. The summed E-state index contributed by atoms with van der Waals surface area (Å²) in [6.07, 6.45) is 2.47. The second-order valence-corrected chi connectivity index (χ2v) is 1.95. The van der Waals surface area contributed by atoms with Crippen molar-refractivity contribution in [2.75, 3.05) is 0 Å². The first-order valence-corrected chi connectivity index (χ1v) is 2.94. The lowest BCUT2D eigenvalue weighted by molar-refractivity contribution is 0.516. The van der Waals surface area contributed by atoms with Gasteiger partial charge in [0, 0.05) is 6.42 Å². The number of rotatable bonds is 1. The molecule has 0 bridgehead atoms. The largest absolute Gasteiger partial charge is 0.468 e. The van der Waals surface area contributed by atoms with Gasteiger partial charge in [-0.15, -0.1) is 0 Å². The Balaban J connectivity index is 2.92. The first kappa shape index (κ1) is 5.70. The van der Waals surface area contributed by atoms with E-state index in [4.69, 9.17) is 16.0 Å². The van der Waals surface area contributed by atoms with E-state index in [1.54, 1.807) is 12.3 Å². The molecule has 0 atom stereocenters. The van der Waals surface area contributed by atoms with E-state index in [1.165, 1.54) is 0 Å². The molecule has 1 rings (SSSR count). The highest BCUT2D eigenvalue weighted by atomic mass is 35.5. The normalized spacial score (nSPS) is 9.75. The zero-order valence-corrected chi connectivity index (χ0v) is 5.40. The first-order valence-electron chi connectivity index (χ1n) is 2.56. The van der Waals surface area contributed by atoms with E-state index in [1.807, 2.05) is 6.92 Å². The quantitative estimate of drug-likeness (QED) is 0.569. The Morgan fingerprint density at radius 3 is 2.75 bits per heavy atom. The van der Waals surface area contributed by atoms with Gasteiger partial charge in [0.05, 0.1) is 11.3 Å². The number of aryl methyl sites for hydroxylation is 1. The maximum Gasteiger partial charge on any atom is 0.122 e. The van der Waals surface area contributed by atoms with E-state index in [-0.39, 0.29) is 0 Å². The third-order valence-corrected chi connectivity index (χ3v) is 1.35. The molecule has 8 heavy (non-hydrogen) atoms. The van der Waals surface area contributed by atoms with Crippen molar-refractivity contribution in [1.29, 1.82) is 0 Å². The molecule has 0 aliphatic carbocycles. The van der Waals surface area contributed by atoms with Crippen LogP contribution in [0.2, 0.25) is 5.02 Å². The van der Waals surface area contributed by atoms with Crippen molar-refractivity contribution in [3.05, 3.63) is 23.1 Å². The Labute approximate surface area is 53.3 Å². The standard InChI is InChI=1S/C6H7ClO/c1-2-6-5(7)3-4-8-6/h3-4H,2H2,1H3. The van der Waals surface area contributed by atoms with Crippen molar-refractivity contribution in [2.24, 2.45) is 0 Å². The molecule has 0 N–H and O–H groups in total. The van der Waals surface area contributed by atoms with E-state index >= 15 is 0 Å². The number of furan rings is 1. The molecule has 0 aliphatic rings. The van der Waals surface area contributed by atoms with Crippen LogP contribution in [0, 0.1) is 0 Å². The number of halogens is 1. The van der Waals surface area contributed by atoms with Gasteiger partial charge in [-0.1, -0.05) is 18.5 Å². The van der Waals surface area contributed by atoms with E-state index < -0.39 is 0 Å². The Bertz CT molecular complexity index is 169. The Kier molecular flexibility index (Phi) is 1.59. The maximum atomic E-state index is 5.65. The lowest BCUT2D eigenvalue weighted by Crippen LogP contribution is -1.70. The van der Waals surface area contributed by atoms with Gasteiger partial charge in [0.2, 0.25) is 0 Å². The summed E-state index contributed by atoms with van der Waals surface area (Å²) in [6, 6.07) is 1.75. The number of hydrogen-bond donors (Lipinski definition) is 0. The Hall–Kier alpha value is -0.430. The van der Waals surface area contributed by atoms with E-state index in [9.17, 15) is 0 Å². The summed E-state index contributed by atoms with van der Waals surface area (Å²) in [7, 11) is 0. The number of hydrogen-bond acceptors (Lipinski definition) is 1. The minimum Gasteiger partial charge on any atom is -0.468 e. The summed E-state index contributed by atoms with van der Waals surface area (Å²) in [4.78, 5) is 0. The summed E-state index contributed by atoms with van der Waals surface area (Å²) in [5.41, 5.74) is 0. The highest BCUT2D eigenvalue weighted by molar-refractivity contribution is 6.31. The van der Waals surface area contributed by atoms with E-state index in [2.05, 4.69) is 0 Å². The molecular weight excluding hydrogens is 124 g/mol. The lowest BCUT2D eigenvalue weighted by atomic mass is 10.4. The zero-order valence-electron chi connectivity index (χ0n) is 4.65. The Morgan fingerprint density at radius 1 is 1.75 bits per heavy atom. The third kappa shape index (κ3) is 0.869. The summed E-state index contributed by atoms with van der Waals surface area (Å²) < 4.78 is 4.98. The third-order valence-electron chi connectivity index (χ3n) is 1.01. The second-order valence-electron chi connectivity index (χ2n) is 1.55. The van der Waals surface area contributed by atoms with Crippen molar-refractivity contribution >= 4 is 11.6 Å². The van der Waals surface area contributed by atoms with Crippen LogP contribution in [0.1, 0.15) is 12.7 Å². The second kappa shape index (κ2) is 2.23. The SMILES string of the molecule is CCc1occc1Cl. The van der Waals surface area contributed by atoms with Gasteiger partial charge in [0.15, 0.2) is 0 Å². The molecule has 0 spiro atoms. The first-order chi connectivity index (χ1) is 3.84. The fourth-order valence-corrected chi connectivity index (χ4v) is 0.807. The van der Waals surface area contributed by atoms with Crippen molar-refractivity contribution in [3.8, 4) is 0 Å².